The van der Waals surface area contributed by atoms with Gasteiger partial charge >= 0.3 is 0 Å². The smallest absolute Gasteiger partial charge is 0.252 e. The van der Waals surface area contributed by atoms with Crippen molar-refractivity contribution in [2.45, 2.75) is 6.61 Å². The van der Waals surface area contributed by atoms with Crippen molar-refractivity contribution in [3.63, 3.8) is 0 Å². The zero-order chi connectivity index (χ0) is 21.3. The molecular formula is C22H17Cl2N3O2S. The Morgan fingerprint density at radius 1 is 1.07 bits per heavy atom. The average molecular weight is 458 g/mol. The molecule has 30 heavy (non-hydrogen) atoms. The van der Waals surface area contributed by atoms with Gasteiger partial charge in [0.1, 0.15) is 0 Å². The normalized spacial score (nSPS) is 10.9. The number of amides is 1. The molecule has 0 aliphatic carbocycles. The van der Waals surface area contributed by atoms with Crippen molar-refractivity contribution < 1.29 is 9.90 Å². The third-order valence-corrected chi connectivity index (χ3v) is 6.38. The summed E-state index contributed by atoms with van der Waals surface area (Å²) in [6.45, 7) is -0.167. The average Bonchev–Trinajstić information content (AvgIpc) is 3.40. The van der Waals surface area contributed by atoms with Crippen LogP contribution in [0.15, 0.2) is 60.7 Å². The van der Waals surface area contributed by atoms with Crippen LogP contribution in [0.25, 0.3) is 26.7 Å². The van der Waals surface area contributed by atoms with Gasteiger partial charge in [0.15, 0.2) is 0 Å². The van der Waals surface area contributed by atoms with E-state index in [4.69, 9.17) is 23.2 Å². The molecule has 152 valence electrons. The monoisotopic (exact) mass is 457 g/mol. The van der Waals surface area contributed by atoms with Gasteiger partial charge in [-0.2, -0.15) is 5.10 Å². The zero-order valence-corrected chi connectivity index (χ0v) is 18.2. The molecule has 0 spiro atoms. The number of thiophene rings is 1. The first kappa shape index (κ1) is 20.6. The fraction of sp³-hybridized carbons (Fsp3) is 0.0909. The summed E-state index contributed by atoms with van der Waals surface area (Å²) in [5.74, 6) is -0.224. The van der Waals surface area contributed by atoms with Crippen molar-refractivity contribution >= 4 is 40.4 Å². The standard InChI is InChI=1S/C22H17Cl2N3O2S/c1-25-22(29)15-7-6-13(10-17(15)24)20-8-9-21(30-20)19-11-14(12-28)26-27(19)18-5-3-2-4-16(18)23/h2-11,28H,12H2,1H3,(H,25,29). The summed E-state index contributed by atoms with van der Waals surface area (Å²) in [6, 6.07) is 18.6. The maximum absolute atomic E-state index is 11.9. The van der Waals surface area contributed by atoms with Crippen molar-refractivity contribution in [3.05, 3.63) is 82.0 Å². The van der Waals surface area contributed by atoms with Gasteiger partial charge in [0, 0.05) is 11.9 Å². The number of hydrogen-bond donors (Lipinski definition) is 2. The van der Waals surface area contributed by atoms with Crippen LogP contribution in [-0.2, 0) is 6.61 Å². The summed E-state index contributed by atoms with van der Waals surface area (Å²) in [7, 11) is 1.57. The third kappa shape index (κ3) is 3.87. The van der Waals surface area contributed by atoms with E-state index in [0.29, 0.717) is 21.3 Å². The molecule has 0 fully saturated rings. The van der Waals surface area contributed by atoms with E-state index in [0.717, 1.165) is 26.7 Å². The Balaban J connectivity index is 1.75. The molecule has 8 heteroatoms. The molecule has 2 aromatic carbocycles. The summed E-state index contributed by atoms with van der Waals surface area (Å²) >= 11 is 14.2. The Kier molecular flexibility index (Phi) is 5.92. The van der Waals surface area contributed by atoms with Gasteiger partial charge in [-0.25, -0.2) is 4.68 Å². The molecular weight excluding hydrogens is 441 g/mol. The van der Waals surface area contributed by atoms with Crippen molar-refractivity contribution in [1.82, 2.24) is 15.1 Å². The fourth-order valence-electron chi connectivity index (χ4n) is 3.11. The lowest BCUT2D eigenvalue weighted by Gasteiger charge is -2.08. The highest BCUT2D eigenvalue weighted by molar-refractivity contribution is 7.18. The van der Waals surface area contributed by atoms with Gasteiger partial charge in [-0.05, 0) is 48.0 Å². The molecule has 2 aromatic heterocycles. The van der Waals surface area contributed by atoms with Crippen LogP contribution in [0.3, 0.4) is 0 Å². The third-order valence-electron chi connectivity index (χ3n) is 4.59. The molecule has 1 amide bonds. The predicted molar refractivity (Wildman–Crippen MR) is 122 cm³/mol. The van der Waals surface area contributed by atoms with Crippen LogP contribution in [0, 0.1) is 0 Å². The minimum atomic E-state index is -0.224. The molecule has 0 unspecified atom stereocenters. The second-order valence-electron chi connectivity index (χ2n) is 6.48. The summed E-state index contributed by atoms with van der Waals surface area (Å²) < 4.78 is 1.74. The van der Waals surface area contributed by atoms with E-state index >= 15 is 0 Å². The van der Waals surface area contributed by atoms with Crippen LogP contribution < -0.4 is 5.32 Å². The summed E-state index contributed by atoms with van der Waals surface area (Å²) in [5.41, 5.74) is 3.47. The molecule has 4 rings (SSSR count). The molecule has 0 aliphatic heterocycles. The molecule has 0 atom stereocenters. The lowest BCUT2D eigenvalue weighted by molar-refractivity contribution is 0.0963. The van der Waals surface area contributed by atoms with Gasteiger partial charge in [0.25, 0.3) is 5.91 Å². The number of hydrogen-bond acceptors (Lipinski definition) is 4. The lowest BCUT2D eigenvalue weighted by atomic mass is 10.1. The van der Waals surface area contributed by atoms with Gasteiger partial charge in [-0.1, -0.05) is 41.4 Å². The first-order valence-electron chi connectivity index (χ1n) is 9.08. The first-order chi connectivity index (χ1) is 14.5. The summed E-state index contributed by atoms with van der Waals surface area (Å²) in [4.78, 5) is 13.8. The van der Waals surface area contributed by atoms with E-state index < -0.39 is 0 Å². The molecule has 0 aliphatic rings. The Morgan fingerprint density at radius 2 is 1.83 bits per heavy atom. The molecule has 0 bridgehead atoms. The van der Waals surface area contributed by atoms with Crippen LogP contribution in [0.2, 0.25) is 10.0 Å². The van der Waals surface area contributed by atoms with E-state index in [2.05, 4.69) is 10.4 Å². The number of benzene rings is 2. The molecule has 0 saturated carbocycles. The second-order valence-corrected chi connectivity index (χ2v) is 8.38. The van der Waals surface area contributed by atoms with Crippen LogP contribution in [-0.4, -0.2) is 27.8 Å². The fourth-order valence-corrected chi connectivity index (χ4v) is 4.59. The highest BCUT2D eigenvalue weighted by Gasteiger charge is 2.16. The zero-order valence-electron chi connectivity index (χ0n) is 15.9. The molecule has 2 N–H and O–H groups in total. The number of carbonyl (C=O) groups is 1. The molecule has 5 nitrogen and oxygen atoms in total. The Hall–Kier alpha value is -2.64. The van der Waals surface area contributed by atoms with Gasteiger partial charge < -0.3 is 10.4 Å². The van der Waals surface area contributed by atoms with Gasteiger partial charge in [-0.3, -0.25) is 4.79 Å². The molecule has 2 heterocycles. The van der Waals surface area contributed by atoms with E-state index in [1.807, 2.05) is 42.5 Å². The maximum Gasteiger partial charge on any atom is 0.252 e. The predicted octanol–water partition coefficient (Wildman–Crippen LogP) is 5.43. The minimum Gasteiger partial charge on any atom is -0.390 e. The van der Waals surface area contributed by atoms with Crippen molar-refractivity contribution in [2.24, 2.45) is 0 Å². The van der Waals surface area contributed by atoms with Crippen molar-refractivity contribution in [2.75, 3.05) is 7.05 Å². The largest absolute Gasteiger partial charge is 0.390 e. The van der Waals surface area contributed by atoms with Crippen LogP contribution >= 0.6 is 34.5 Å². The number of rotatable bonds is 5. The molecule has 0 saturated heterocycles. The summed E-state index contributed by atoms with van der Waals surface area (Å²) in [5, 5.41) is 17.6. The SMILES string of the molecule is CNC(=O)c1ccc(-c2ccc(-c3cc(CO)nn3-c3ccccc3Cl)s2)cc1Cl. The Labute approximate surface area is 187 Å². The van der Waals surface area contributed by atoms with Crippen LogP contribution in [0.5, 0.6) is 0 Å². The number of nitrogens with zero attached hydrogens (tertiary/aromatic N) is 2. The van der Waals surface area contributed by atoms with Gasteiger partial charge in [0.2, 0.25) is 0 Å². The maximum atomic E-state index is 11.9. The summed E-state index contributed by atoms with van der Waals surface area (Å²) in [6.07, 6.45) is 0. The number of halogens is 2. The van der Waals surface area contributed by atoms with E-state index in [-0.39, 0.29) is 12.5 Å². The minimum absolute atomic E-state index is 0.167. The van der Waals surface area contributed by atoms with Crippen LogP contribution in [0.1, 0.15) is 16.1 Å². The Morgan fingerprint density at radius 3 is 2.53 bits per heavy atom. The van der Waals surface area contributed by atoms with Gasteiger partial charge in [0.05, 0.1) is 44.2 Å². The number of nitrogens with one attached hydrogen (secondary N) is 1. The van der Waals surface area contributed by atoms with Gasteiger partial charge in [-0.15, -0.1) is 11.3 Å². The number of para-hydroxylation sites is 1. The lowest BCUT2D eigenvalue weighted by Crippen LogP contribution is -2.18. The number of aromatic nitrogens is 2. The van der Waals surface area contributed by atoms with Crippen molar-refractivity contribution in [1.29, 1.82) is 0 Å². The Bertz CT molecular complexity index is 1230. The van der Waals surface area contributed by atoms with E-state index in [1.165, 1.54) is 0 Å². The second kappa shape index (κ2) is 8.62. The molecule has 0 radical (unpaired) electrons. The quantitative estimate of drug-likeness (QED) is 0.419. The van der Waals surface area contributed by atoms with Crippen LogP contribution in [0.4, 0.5) is 0 Å². The van der Waals surface area contributed by atoms with E-state index in [1.54, 1.807) is 41.3 Å². The number of aliphatic hydroxyl groups excluding tert-OH is 1. The van der Waals surface area contributed by atoms with Crippen molar-refractivity contribution in [3.8, 4) is 26.7 Å². The van der Waals surface area contributed by atoms with E-state index in [9.17, 15) is 9.90 Å². The highest BCUT2D eigenvalue weighted by Crippen LogP contribution is 2.37. The number of aliphatic hydroxyl groups is 1. The number of carbonyl (C=O) groups excluding carboxylic acids is 1. The highest BCUT2D eigenvalue weighted by atomic mass is 35.5. The topological polar surface area (TPSA) is 67.2 Å². The first-order valence-corrected chi connectivity index (χ1v) is 10.7. The molecule has 4 aromatic rings.